The van der Waals surface area contributed by atoms with Crippen LogP contribution in [0.3, 0.4) is 0 Å². The zero-order chi connectivity index (χ0) is 41.1. The van der Waals surface area contributed by atoms with Gasteiger partial charge in [-0.25, -0.2) is 0 Å². The topological polar surface area (TPSA) is 213 Å². The first kappa shape index (κ1) is 43.1. The van der Waals surface area contributed by atoms with Gasteiger partial charge >= 0.3 is 11.8 Å². The third-order valence-corrected chi connectivity index (χ3v) is 10.8. The summed E-state index contributed by atoms with van der Waals surface area (Å²) in [6, 6.07) is 0. The number of aliphatic hydroxyl groups is 2. The minimum atomic E-state index is -2.01. The van der Waals surface area contributed by atoms with Crippen molar-refractivity contribution in [3.63, 3.8) is 0 Å². The van der Waals surface area contributed by atoms with Crippen molar-refractivity contribution in [2.45, 2.75) is 105 Å². The molecule has 0 radical (unpaired) electrons. The number of hydrogen-bond acceptors (Lipinski definition) is 13. The summed E-state index contributed by atoms with van der Waals surface area (Å²) in [6.45, 7) is 15.0. The predicted octanol–water partition coefficient (Wildman–Crippen LogP) is 5.25. The number of nitrogens with one attached hydrogen (secondary N) is 2. The van der Waals surface area contributed by atoms with Crippen LogP contribution in [0.2, 0.25) is 0 Å². The monoisotopic (exact) mass is 768 g/mol. The number of ether oxygens (including phenoxy) is 4. The molecule has 14 heteroatoms. The molecule has 0 saturated carbocycles. The molecule has 0 aliphatic carbocycles. The number of anilines is 1. The molecule has 2 aromatic rings. The summed E-state index contributed by atoms with van der Waals surface area (Å²) in [4.78, 5) is 40.1. The molecule has 3 aliphatic rings. The van der Waals surface area contributed by atoms with Crippen LogP contribution in [0.1, 0.15) is 83.3 Å². The van der Waals surface area contributed by atoms with Crippen LogP contribution in [-0.2, 0) is 30.3 Å². The Morgan fingerprint density at radius 1 is 0.964 bits per heavy atom. The largest absolute Gasteiger partial charge is 0.507 e. The first-order valence-electron chi connectivity index (χ1n) is 18.6. The lowest BCUT2D eigenvalue weighted by Crippen LogP contribution is -2.46. The fourth-order valence-electron chi connectivity index (χ4n) is 7.35. The van der Waals surface area contributed by atoms with Crippen molar-refractivity contribution in [1.82, 2.24) is 5.32 Å². The zero-order valence-corrected chi connectivity index (χ0v) is 33.2. The van der Waals surface area contributed by atoms with E-state index in [0.29, 0.717) is 6.54 Å². The smallest absolute Gasteiger partial charge is 0.312 e. The molecule has 3 aliphatic heterocycles. The molecule has 0 saturated heterocycles. The van der Waals surface area contributed by atoms with Gasteiger partial charge in [0.15, 0.2) is 5.75 Å². The maximum Gasteiger partial charge on any atom is 0.312 e. The van der Waals surface area contributed by atoms with Crippen molar-refractivity contribution in [2.24, 2.45) is 23.7 Å². The van der Waals surface area contributed by atoms with Crippen molar-refractivity contribution in [3.8, 4) is 23.0 Å². The molecule has 7 N–H and O–H groups in total. The van der Waals surface area contributed by atoms with Crippen LogP contribution >= 0.6 is 0 Å². The van der Waals surface area contributed by atoms with Gasteiger partial charge in [-0.05, 0) is 32.9 Å². The second-order valence-electron chi connectivity index (χ2n) is 14.9. The highest BCUT2D eigenvalue weighted by Crippen LogP contribution is 2.55. The van der Waals surface area contributed by atoms with E-state index in [2.05, 4.69) is 10.6 Å². The minimum absolute atomic E-state index is 0.0284. The third-order valence-electron chi connectivity index (χ3n) is 10.8. The van der Waals surface area contributed by atoms with E-state index in [0.717, 1.165) is 6.42 Å². The van der Waals surface area contributed by atoms with Crippen molar-refractivity contribution in [3.05, 3.63) is 52.8 Å². The number of carbonyl (C=O) groups excluding carboxylic acids is 3. The standard InChI is InChI=1S/C41H56N2O12/c1-11-16-42-18-26-31-36(49)29-28(35(26)48)30-38(24(7)34(29)47)55-41(9,39(30)50)53-17-15-27(52-10)21(4)37(54-25(8)44)23(6)33(46)22(5)32(45)19(2)13-12-14-20(3)40(51)43-31/h12-15,17,19,21-23,27,32-33,37,42,45-49H,11,16,18H2,1-10H3,(H,43,51)/t19-,21+,22-,23-,27+,32-,33-,37+,41+/m1/s1. The first-order valence-corrected chi connectivity index (χ1v) is 18.6. The molecule has 3 heterocycles. The lowest BCUT2D eigenvalue weighted by atomic mass is 9.78. The molecular weight excluding hydrogens is 712 g/mol. The SMILES string of the molecule is CCCNCc1c2c(O)c3c(O)c(C)c4c(c3c1O)C(=O)[C@@](C)(OC=C[C@H](OC)[C@H](C)[C@H](OC(C)=O)[C@H](C)[C@H](O)[C@H](C)[C@H](O)[C@H](C)C=CC=C(C)C(=O)N2)O4. The van der Waals surface area contributed by atoms with E-state index in [4.69, 9.17) is 18.9 Å². The van der Waals surface area contributed by atoms with E-state index in [1.54, 1.807) is 39.8 Å². The van der Waals surface area contributed by atoms with Crippen LogP contribution < -0.4 is 15.4 Å². The number of amides is 1. The van der Waals surface area contributed by atoms with Crippen molar-refractivity contribution < 1.29 is 58.9 Å². The molecule has 0 spiro atoms. The fourth-order valence-corrected chi connectivity index (χ4v) is 7.35. The number of aliphatic hydroxyl groups excluding tert-OH is 2. The number of carbonyl (C=O) groups is 3. The van der Waals surface area contributed by atoms with Gasteiger partial charge in [0.2, 0.25) is 0 Å². The number of aromatic hydroxyl groups is 3. The van der Waals surface area contributed by atoms with Gasteiger partial charge in [0.1, 0.15) is 23.4 Å². The number of rotatable bonds is 6. The Hall–Kier alpha value is -4.63. The fraction of sp³-hybridized carbons (Fsp3) is 0.537. The molecule has 5 bridgehead atoms. The molecule has 55 heavy (non-hydrogen) atoms. The molecule has 2 aromatic carbocycles. The van der Waals surface area contributed by atoms with Crippen molar-refractivity contribution >= 4 is 34.1 Å². The quantitative estimate of drug-likeness (QED) is 0.0867. The number of methoxy groups -OCH3 is 1. The second kappa shape index (κ2) is 17.4. The number of ketones is 1. The summed E-state index contributed by atoms with van der Waals surface area (Å²) < 4.78 is 23.5. The number of benzene rings is 2. The summed E-state index contributed by atoms with van der Waals surface area (Å²) in [5.74, 6) is -7.97. The number of Topliss-reactive ketones (excluding diaryl/α,β-unsaturated/α-hetero) is 1. The number of allylic oxidation sites excluding steroid dienone is 2. The number of fused-ring (bicyclic) bond motifs is 14. The van der Waals surface area contributed by atoms with E-state index in [9.17, 15) is 39.9 Å². The summed E-state index contributed by atoms with van der Waals surface area (Å²) in [6.07, 6.45) is 4.40. The predicted molar refractivity (Wildman–Crippen MR) is 206 cm³/mol. The summed E-state index contributed by atoms with van der Waals surface area (Å²) in [7, 11) is 1.44. The molecule has 5 rings (SSSR count). The summed E-state index contributed by atoms with van der Waals surface area (Å²) in [5, 5.41) is 63.2. The normalized spacial score (nSPS) is 29.2. The van der Waals surface area contributed by atoms with Gasteiger partial charge in [-0.2, -0.15) is 0 Å². The molecule has 0 aromatic heterocycles. The van der Waals surface area contributed by atoms with E-state index in [1.165, 1.54) is 53.2 Å². The molecule has 0 unspecified atom stereocenters. The van der Waals surface area contributed by atoms with Crippen molar-refractivity contribution in [1.29, 1.82) is 0 Å². The van der Waals surface area contributed by atoms with Gasteiger partial charge in [-0.1, -0.05) is 52.8 Å². The Bertz CT molecular complexity index is 1890. The average Bonchev–Trinajstić information content (AvgIpc) is 3.41. The number of hydrogen-bond donors (Lipinski definition) is 7. The zero-order valence-electron chi connectivity index (χ0n) is 33.2. The minimum Gasteiger partial charge on any atom is -0.507 e. The Balaban J connectivity index is 1.95. The van der Waals surface area contributed by atoms with Crippen LogP contribution in [0.5, 0.6) is 23.0 Å². The Kier molecular flexibility index (Phi) is 13.7. The highest BCUT2D eigenvalue weighted by Gasteiger charge is 2.50. The Morgan fingerprint density at radius 2 is 1.64 bits per heavy atom. The van der Waals surface area contributed by atoms with E-state index < -0.39 is 88.8 Å². The highest BCUT2D eigenvalue weighted by atomic mass is 16.7. The lowest BCUT2D eigenvalue weighted by molar-refractivity contribution is -0.160. The second-order valence-corrected chi connectivity index (χ2v) is 14.9. The van der Waals surface area contributed by atoms with Crippen LogP contribution in [0.4, 0.5) is 5.69 Å². The summed E-state index contributed by atoms with van der Waals surface area (Å²) >= 11 is 0. The van der Waals surface area contributed by atoms with Crippen LogP contribution in [0, 0.1) is 30.6 Å². The van der Waals surface area contributed by atoms with Crippen LogP contribution in [0.25, 0.3) is 10.8 Å². The molecular formula is C41H56N2O12. The molecule has 1 amide bonds. The molecule has 9 atom stereocenters. The number of phenolic OH excluding ortho intramolecular Hbond substituents is 3. The van der Waals surface area contributed by atoms with E-state index in [-0.39, 0.29) is 51.0 Å². The van der Waals surface area contributed by atoms with Crippen LogP contribution in [0.15, 0.2) is 36.1 Å². The number of phenols is 3. The van der Waals surface area contributed by atoms with Gasteiger partial charge in [0.05, 0.1) is 41.2 Å². The average molecular weight is 769 g/mol. The Morgan fingerprint density at radius 3 is 2.25 bits per heavy atom. The van der Waals surface area contributed by atoms with Gasteiger partial charge in [-0.3, -0.25) is 14.4 Å². The molecule has 302 valence electrons. The van der Waals surface area contributed by atoms with Gasteiger partial charge in [-0.15, -0.1) is 0 Å². The van der Waals surface area contributed by atoms with Gasteiger partial charge in [0.25, 0.3) is 11.7 Å². The maximum absolute atomic E-state index is 14.3. The van der Waals surface area contributed by atoms with Crippen molar-refractivity contribution in [2.75, 3.05) is 19.0 Å². The van der Waals surface area contributed by atoms with E-state index >= 15 is 0 Å². The summed E-state index contributed by atoms with van der Waals surface area (Å²) in [5.41, 5.74) is 0.0354. The number of esters is 1. The Labute approximate surface area is 321 Å². The molecule has 14 nitrogen and oxygen atoms in total. The third kappa shape index (κ3) is 8.47. The van der Waals surface area contributed by atoms with Gasteiger partial charge < -0.3 is 55.1 Å². The molecule has 0 fully saturated rings. The van der Waals surface area contributed by atoms with E-state index in [1.807, 2.05) is 6.92 Å². The van der Waals surface area contributed by atoms with Crippen LogP contribution in [-0.4, -0.2) is 87.0 Å². The highest BCUT2D eigenvalue weighted by molar-refractivity contribution is 6.22. The first-order chi connectivity index (χ1) is 25.8. The maximum atomic E-state index is 14.3. The van der Waals surface area contributed by atoms with Gasteiger partial charge in [0, 0.05) is 73.3 Å². The lowest BCUT2D eigenvalue weighted by Gasteiger charge is -2.38.